The lowest BCUT2D eigenvalue weighted by molar-refractivity contribution is -0.00352. The second-order valence-corrected chi connectivity index (χ2v) is 12.9. The van der Waals surface area contributed by atoms with Crippen LogP contribution in [-0.4, -0.2) is 32.5 Å². The second-order valence-electron chi connectivity index (χ2n) is 12.9. The van der Waals surface area contributed by atoms with E-state index in [9.17, 15) is 5.11 Å². The molecule has 0 bridgehead atoms. The standard InChI is InChI=1S/C42H42O5/c1-27-9-19-33-36(25-27)40-35(39-38(33)34-20-10-28(2)26-37(34)41(39,3)46-24-8-6-7-23-43)21-22-42(47-40,29-11-15-31(44-4)16-12-29)30-13-17-32(45-5)18-14-30/h9-22,25-26,43H,6-8,23-24H2,1-5H3/t41-/m0/s1. The van der Waals surface area contributed by atoms with Gasteiger partial charge in [0.2, 0.25) is 0 Å². The fraction of sp³-hybridized carbons (Fsp3) is 0.286. The highest BCUT2D eigenvalue weighted by atomic mass is 16.5. The number of hydrogen-bond donors (Lipinski definition) is 1. The Morgan fingerprint density at radius 2 is 1.36 bits per heavy atom. The van der Waals surface area contributed by atoms with E-state index >= 15 is 0 Å². The molecule has 1 atom stereocenters. The van der Waals surface area contributed by atoms with E-state index in [2.05, 4.69) is 93.6 Å². The zero-order valence-electron chi connectivity index (χ0n) is 27.9. The first-order valence-electron chi connectivity index (χ1n) is 16.5. The third-order valence-electron chi connectivity index (χ3n) is 9.87. The normalized spacial score (nSPS) is 17.1. The molecule has 5 nitrogen and oxygen atoms in total. The maximum Gasteiger partial charge on any atom is 0.178 e. The Hall–Kier alpha value is -4.58. The van der Waals surface area contributed by atoms with Crippen molar-refractivity contribution in [1.82, 2.24) is 0 Å². The van der Waals surface area contributed by atoms with E-state index in [-0.39, 0.29) is 6.61 Å². The van der Waals surface area contributed by atoms with Crippen molar-refractivity contribution in [2.45, 2.75) is 51.2 Å². The van der Waals surface area contributed by atoms with E-state index in [0.29, 0.717) is 6.61 Å². The third-order valence-corrected chi connectivity index (χ3v) is 9.87. The molecule has 2 aliphatic rings. The Morgan fingerprint density at radius 3 is 2.00 bits per heavy atom. The van der Waals surface area contributed by atoms with Crippen LogP contribution >= 0.6 is 0 Å². The van der Waals surface area contributed by atoms with E-state index in [0.717, 1.165) is 69.5 Å². The Balaban J connectivity index is 1.48. The molecule has 0 amide bonds. The molecule has 5 aromatic rings. The summed E-state index contributed by atoms with van der Waals surface area (Å²) in [5, 5.41) is 11.6. The molecule has 1 heterocycles. The number of fused-ring (bicyclic) bond motifs is 8. The van der Waals surface area contributed by atoms with Gasteiger partial charge in [0.1, 0.15) is 22.8 Å². The summed E-state index contributed by atoms with van der Waals surface area (Å²) in [5.74, 6) is 2.42. The first-order chi connectivity index (χ1) is 22.8. The molecule has 1 aliphatic carbocycles. The van der Waals surface area contributed by atoms with Gasteiger partial charge in [0, 0.05) is 40.9 Å². The molecule has 240 valence electrons. The highest BCUT2D eigenvalue weighted by Crippen LogP contribution is 2.59. The van der Waals surface area contributed by atoms with Crippen LogP contribution in [0.4, 0.5) is 0 Å². The van der Waals surface area contributed by atoms with E-state index in [4.69, 9.17) is 18.9 Å². The van der Waals surface area contributed by atoms with Gasteiger partial charge in [-0.25, -0.2) is 0 Å². The van der Waals surface area contributed by atoms with Crippen molar-refractivity contribution in [3.05, 3.63) is 130 Å². The van der Waals surface area contributed by atoms with Gasteiger partial charge < -0.3 is 24.1 Å². The lowest BCUT2D eigenvalue weighted by Gasteiger charge is -2.39. The van der Waals surface area contributed by atoms with Crippen molar-refractivity contribution >= 4 is 16.8 Å². The molecular formula is C42H42O5. The Kier molecular flexibility index (Phi) is 8.07. The summed E-state index contributed by atoms with van der Waals surface area (Å²) < 4.78 is 25.4. The molecule has 0 radical (unpaired) electrons. The second kappa shape index (κ2) is 12.2. The number of aliphatic hydroxyl groups excluding tert-OH is 1. The summed E-state index contributed by atoms with van der Waals surface area (Å²) in [4.78, 5) is 0. The van der Waals surface area contributed by atoms with Crippen LogP contribution in [0.5, 0.6) is 17.2 Å². The van der Waals surface area contributed by atoms with Crippen molar-refractivity contribution in [2.24, 2.45) is 0 Å². The highest BCUT2D eigenvalue weighted by Gasteiger charge is 2.47. The van der Waals surface area contributed by atoms with Gasteiger partial charge in [-0.1, -0.05) is 71.8 Å². The lowest BCUT2D eigenvalue weighted by atomic mass is 9.80. The minimum atomic E-state index is -0.903. The summed E-state index contributed by atoms with van der Waals surface area (Å²) in [6, 6.07) is 29.7. The number of unbranched alkanes of at least 4 members (excludes halogenated alkanes) is 2. The average Bonchev–Trinajstić information content (AvgIpc) is 3.35. The van der Waals surface area contributed by atoms with Crippen LogP contribution in [0.2, 0.25) is 0 Å². The highest BCUT2D eigenvalue weighted by molar-refractivity contribution is 6.08. The van der Waals surface area contributed by atoms with Gasteiger partial charge >= 0.3 is 0 Å². The first-order valence-corrected chi connectivity index (χ1v) is 16.5. The molecule has 0 saturated carbocycles. The quantitative estimate of drug-likeness (QED) is 0.157. The summed E-state index contributed by atoms with van der Waals surface area (Å²) in [6.45, 7) is 7.29. The van der Waals surface area contributed by atoms with Gasteiger partial charge in [0.05, 0.1) is 14.2 Å². The lowest BCUT2D eigenvalue weighted by Crippen LogP contribution is -2.35. The smallest absolute Gasteiger partial charge is 0.178 e. The largest absolute Gasteiger partial charge is 0.497 e. The van der Waals surface area contributed by atoms with Crippen LogP contribution in [0.3, 0.4) is 0 Å². The maximum absolute atomic E-state index is 9.36. The zero-order chi connectivity index (χ0) is 32.8. The number of ether oxygens (including phenoxy) is 4. The number of hydrogen-bond acceptors (Lipinski definition) is 5. The van der Waals surface area contributed by atoms with Crippen LogP contribution in [0.1, 0.15) is 65.1 Å². The minimum absolute atomic E-state index is 0.202. The first kappa shape index (κ1) is 31.0. The van der Waals surface area contributed by atoms with Crippen LogP contribution in [0.25, 0.3) is 28.0 Å². The minimum Gasteiger partial charge on any atom is -0.497 e. The molecule has 0 unspecified atom stereocenters. The topological polar surface area (TPSA) is 57.2 Å². The van der Waals surface area contributed by atoms with Crippen molar-refractivity contribution < 1.29 is 24.1 Å². The summed E-state index contributed by atoms with van der Waals surface area (Å²) in [6.07, 6.45) is 7.02. The summed E-state index contributed by atoms with van der Waals surface area (Å²) in [5.41, 5.74) is 8.54. The van der Waals surface area contributed by atoms with E-state index in [1.54, 1.807) is 14.2 Å². The molecule has 0 spiro atoms. The number of aliphatic hydroxyl groups is 1. The molecule has 7 rings (SSSR count). The average molecular weight is 627 g/mol. The Bertz CT molecular complexity index is 1930. The Morgan fingerprint density at radius 1 is 0.723 bits per heavy atom. The van der Waals surface area contributed by atoms with E-state index in [1.165, 1.54) is 27.8 Å². The monoisotopic (exact) mass is 626 g/mol. The van der Waals surface area contributed by atoms with E-state index < -0.39 is 11.2 Å². The van der Waals surface area contributed by atoms with Crippen LogP contribution < -0.4 is 14.2 Å². The van der Waals surface area contributed by atoms with Crippen LogP contribution in [-0.2, 0) is 15.9 Å². The predicted octanol–water partition coefficient (Wildman–Crippen LogP) is 9.25. The summed E-state index contributed by atoms with van der Waals surface area (Å²) >= 11 is 0. The van der Waals surface area contributed by atoms with Gasteiger partial charge in [-0.2, -0.15) is 0 Å². The number of aryl methyl sites for hydroxylation is 2. The van der Waals surface area contributed by atoms with Gasteiger partial charge in [0.25, 0.3) is 0 Å². The number of rotatable bonds is 10. The Labute approximate surface area is 277 Å². The SMILES string of the molecule is COc1ccc(C2(c3ccc(OC)cc3)C=Cc3c4c(c5ccc(C)cc5c3O2)-c2ccc(C)cc2[C@]4(C)OCCCCCO)cc1. The van der Waals surface area contributed by atoms with Crippen molar-refractivity contribution in [3.8, 4) is 28.4 Å². The third kappa shape index (κ3) is 5.09. The molecule has 0 fully saturated rings. The molecule has 1 aliphatic heterocycles. The van der Waals surface area contributed by atoms with Gasteiger partial charge in [0.15, 0.2) is 5.60 Å². The molecule has 0 aromatic heterocycles. The number of methoxy groups -OCH3 is 2. The summed E-state index contributed by atoms with van der Waals surface area (Å²) in [7, 11) is 3.36. The van der Waals surface area contributed by atoms with Crippen molar-refractivity contribution in [1.29, 1.82) is 0 Å². The molecule has 0 saturated heterocycles. The van der Waals surface area contributed by atoms with Crippen LogP contribution in [0.15, 0.2) is 91.0 Å². The molecular weight excluding hydrogens is 584 g/mol. The van der Waals surface area contributed by atoms with Gasteiger partial charge in [-0.3, -0.25) is 0 Å². The van der Waals surface area contributed by atoms with Crippen molar-refractivity contribution in [3.63, 3.8) is 0 Å². The fourth-order valence-corrected chi connectivity index (χ4v) is 7.41. The van der Waals surface area contributed by atoms with Gasteiger partial charge in [-0.05, 0) is 98.5 Å². The maximum atomic E-state index is 9.36. The fourth-order valence-electron chi connectivity index (χ4n) is 7.41. The predicted molar refractivity (Wildman–Crippen MR) is 189 cm³/mol. The number of benzene rings is 5. The van der Waals surface area contributed by atoms with Crippen LogP contribution in [0, 0.1) is 13.8 Å². The molecule has 5 heteroatoms. The van der Waals surface area contributed by atoms with Crippen molar-refractivity contribution in [2.75, 3.05) is 27.4 Å². The molecule has 1 N–H and O–H groups in total. The molecule has 5 aromatic carbocycles. The molecule has 47 heavy (non-hydrogen) atoms. The van der Waals surface area contributed by atoms with Gasteiger partial charge in [-0.15, -0.1) is 0 Å². The zero-order valence-corrected chi connectivity index (χ0v) is 27.9. The van der Waals surface area contributed by atoms with E-state index in [1.807, 2.05) is 24.3 Å².